The molecule has 1 aliphatic rings. The van der Waals surface area contributed by atoms with Gasteiger partial charge in [0.15, 0.2) is 6.10 Å². The van der Waals surface area contributed by atoms with Crippen LogP contribution in [0.15, 0.2) is 0 Å². The van der Waals surface area contributed by atoms with Crippen molar-refractivity contribution in [1.82, 2.24) is 10.6 Å². The van der Waals surface area contributed by atoms with Crippen LogP contribution in [0, 0.1) is 27.7 Å². The van der Waals surface area contributed by atoms with Crippen LogP contribution in [0.25, 0.3) is 0 Å². The Hall–Kier alpha value is -1.75. The van der Waals surface area contributed by atoms with E-state index >= 15 is 0 Å². The summed E-state index contributed by atoms with van der Waals surface area (Å²) in [5.74, 6) is 0.560. The average molecular weight is 319 g/mol. The fourth-order valence-electron chi connectivity index (χ4n) is 2.97. The van der Waals surface area contributed by atoms with E-state index in [9.17, 15) is 4.79 Å². The first kappa shape index (κ1) is 17.6. The Bertz CT molecular complexity index is 563. The van der Waals surface area contributed by atoms with Gasteiger partial charge >= 0.3 is 0 Å². The lowest BCUT2D eigenvalue weighted by molar-refractivity contribution is -0.128. The average Bonchev–Trinajstić information content (AvgIpc) is 2.55. The predicted molar refractivity (Wildman–Crippen MR) is 93.9 cm³/mol. The van der Waals surface area contributed by atoms with E-state index in [1.165, 1.54) is 5.56 Å². The largest absolute Gasteiger partial charge is 0.478 e. The number of nitrogens with two attached hydrogens (primary N) is 1. The molecule has 1 aromatic rings. The van der Waals surface area contributed by atoms with Gasteiger partial charge in [0, 0.05) is 6.04 Å². The number of hydrogen-bond acceptors (Lipinski definition) is 4. The molecule has 0 aromatic heterocycles. The zero-order valence-corrected chi connectivity index (χ0v) is 14.9. The quantitative estimate of drug-likeness (QED) is 0.743. The first-order valence-corrected chi connectivity index (χ1v) is 8.36. The van der Waals surface area contributed by atoms with Crippen molar-refractivity contribution in [2.45, 2.75) is 59.6 Å². The van der Waals surface area contributed by atoms with Crippen LogP contribution in [0.3, 0.4) is 0 Å². The topological polar surface area (TPSA) is 76.4 Å². The Labute approximate surface area is 139 Å². The van der Waals surface area contributed by atoms with Gasteiger partial charge < -0.3 is 21.1 Å². The van der Waals surface area contributed by atoms with Crippen molar-refractivity contribution in [3.05, 3.63) is 22.3 Å². The number of anilines is 1. The summed E-state index contributed by atoms with van der Waals surface area (Å²) in [6.07, 6.45) is 1.36. The molecule has 4 N–H and O–H groups in total. The van der Waals surface area contributed by atoms with Gasteiger partial charge in [0.05, 0.1) is 5.69 Å². The van der Waals surface area contributed by atoms with Gasteiger partial charge in [-0.3, -0.25) is 4.79 Å². The van der Waals surface area contributed by atoms with E-state index in [4.69, 9.17) is 10.5 Å². The van der Waals surface area contributed by atoms with Gasteiger partial charge in [0.1, 0.15) is 5.75 Å². The van der Waals surface area contributed by atoms with E-state index in [1.807, 2.05) is 13.8 Å². The standard InChI is InChI=1S/C18H29N3O2/c1-10-11(2)13(4)17(16(19)12(10)3)23-14(5)18(22)21-15-6-8-20-9-7-15/h14-15,20H,6-9,19H2,1-5H3,(H,21,22). The Kier molecular flexibility index (Phi) is 5.52. The van der Waals surface area contributed by atoms with Crippen molar-refractivity contribution in [3.8, 4) is 5.75 Å². The van der Waals surface area contributed by atoms with Crippen LogP contribution in [0.4, 0.5) is 5.69 Å². The zero-order valence-electron chi connectivity index (χ0n) is 14.9. The molecule has 0 saturated carbocycles. The lowest BCUT2D eigenvalue weighted by Gasteiger charge is -2.26. The number of ether oxygens (including phenoxy) is 1. The minimum absolute atomic E-state index is 0.0772. The molecule has 1 atom stereocenters. The number of nitrogen functional groups attached to an aromatic ring is 1. The third-order valence-corrected chi connectivity index (χ3v) is 5.03. The van der Waals surface area contributed by atoms with Crippen LogP contribution < -0.4 is 21.1 Å². The summed E-state index contributed by atoms with van der Waals surface area (Å²) < 4.78 is 5.94. The number of carbonyl (C=O) groups is 1. The smallest absolute Gasteiger partial charge is 0.260 e. The van der Waals surface area contributed by atoms with Crippen molar-refractivity contribution in [1.29, 1.82) is 0 Å². The molecular weight excluding hydrogens is 290 g/mol. The first-order chi connectivity index (χ1) is 10.8. The minimum atomic E-state index is -0.563. The molecule has 1 saturated heterocycles. The van der Waals surface area contributed by atoms with E-state index in [-0.39, 0.29) is 11.9 Å². The van der Waals surface area contributed by atoms with E-state index in [0.717, 1.165) is 42.6 Å². The summed E-state index contributed by atoms with van der Waals surface area (Å²) in [6.45, 7) is 11.8. The van der Waals surface area contributed by atoms with Crippen LogP contribution in [-0.4, -0.2) is 31.1 Å². The molecule has 0 radical (unpaired) electrons. The molecule has 0 aliphatic carbocycles. The van der Waals surface area contributed by atoms with E-state index < -0.39 is 6.10 Å². The lowest BCUT2D eigenvalue weighted by Crippen LogP contribution is -2.47. The van der Waals surface area contributed by atoms with Crippen molar-refractivity contribution >= 4 is 11.6 Å². The highest BCUT2D eigenvalue weighted by molar-refractivity contribution is 5.81. The fraction of sp³-hybridized carbons (Fsp3) is 0.611. The Morgan fingerprint density at radius 1 is 1.13 bits per heavy atom. The predicted octanol–water partition coefficient (Wildman–Crippen LogP) is 2.14. The third kappa shape index (κ3) is 3.78. The number of benzene rings is 1. The molecule has 1 aromatic carbocycles. The van der Waals surface area contributed by atoms with Crippen LogP contribution in [0.2, 0.25) is 0 Å². The molecule has 23 heavy (non-hydrogen) atoms. The minimum Gasteiger partial charge on any atom is -0.478 e. The highest BCUT2D eigenvalue weighted by Gasteiger charge is 2.23. The monoisotopic (exact) mass is 319 g/mol. The van der Waals surface area contributed by atoms with Crippen molar-refractivity contribution in [2.24, 2.45) is 0 Å². The molecule has 1 aliphatic heterocycles. The summed E-state index contributed by atoms with van der Waals surface area (Å²) >= 11 is 0. The van der Waals surface area contributed by atoms with Crippen LogP contribution in [0.5, 0.6) is 5.75 Å². The number of rotatable bonds is 4. The second kappa shape index (κ2) is 7.21. The van der Waals surface area contributed by atoms with Gasteiger partial charge in [0.25, 0.3) is 5.91 Å². The zero-order chi connectivity index (χ0) is 17.1. The molecule has 0 spiro atoms. The molecule has 5 heteroatoms. The van der Waals surface area contributed by atoms with Gasteiger partial charge in [-0.2, -0.15) is 0 Å². The van der Waals surface area contributed by atoms with E-state index in [0.29, 0.717) is 11.4 Å². The summed E-state index contributed by atoms with van der Waals surface area (Å²) in [5.41, 5.74) is 11.2. The van der Waals surface area contributed by atoms with Crippen LogP contribution >= 0.6 is 0 Å². The number of nitrogens with one attached hydrogen (secondary N) is 2. The Morgan fingerprint density at radius 3 is 2.30 bits per heavy atom. The SMILES string of the molecule is Cc1c(C)c(C)c(OC(C)C(=O)NC2CCNCC2)c(N)c1C. The maximum atomic E-state index is 12.4. The number of hydrogen-bond donors (Lipinski definition) is 3. The molecular formula is C18H29N3O2. The fourth-order valence-corrected chi connectivity index (χ4v) is 2.97. The summed E-state index contributed by atoms with van der Waals surface area (Å²) in [6, 6.07) is 0.231. The van der Waals surface area contributed by atoms with E-state index in [1.54, 1.807) is 6.92 Å². The van der Waals surface area contributed by atoms with Gasteiger partial charge in [0.2, 0.25) is 0 Å². The molecule has 2 rings (SSSR count). The third-order valence-electron chi connectivity index (χ3n) is 5.03. The number of amides is 1. The second-order valence-corrected chi connectivity index (χ2v) is 6.54. The van der Waals surface area contributed by atoms with E-state index in [2.05, 4.69) is 24.5 Å². The van der Waals surface area contributed by atoms with Crippen molar-refractivity contribution in [2.75, 3.05) is 18.8 Å². The highest BCUT2D eigenvalue weighted by Crippen LogP contribution is 2.35. The molecule has 1 unspecified atom stereocenters. The van der Waals surface area contributed by atoms with Gasteiger partial charge in [-0.05, 0) is 82.8 Å². The maximum absolute atomic E-state index is 12.4. The molecule has 1 fully saturated rings. The lowest BCUT2D eigenvalue weighted by atomic mass is 9.96. The van der Waals surface area contributed by atoms with Crippen LogP contribution in [-0.2, 0) is 4.79 Å². The highest BCUT2D eigenvalue weighted by atomic mass is 16.5. The van der Waals surface area contributed by atoms with Crippen molar-refractivity contribution in [3.63, 3.8) is 0 Å². The van der Waals surface area contributed by atoms with Gasteiger partial charge in [-0.15, -0.1) is 0 Å². The molecule has 1 amide bonds. The summed E-state index contributed by atoms with van der Waals surface area (Å²) in [7, 11) is 0. The van der Waals surface area contributed by atoms with Crippen molar-refractivity contribution < 1.29 is 9.53 Å². The molecule has 0 bridgehead atoms. The Balaban J connectivity index is 2.10. The molecule has 5 nitrogen and oxygen atoms in total. The maximum Gasteiger partial charge on any atom is 0.260 e. The first-order valence-electron chi connectivity index (χ1n) is 8.36. The van der Waals surface area contributed by atoms with Gasteiger partial charge in [-0.25, -0.2) is 0 Å². The Morgan fingerprint density at radius 2 is 1.70 bits per heavy atom. The number of carbonyl (C=O) groups excluding carboxylic acids is 1. The molecule has 128 valence electrons. The summed E-state index contributed by atoms with van der Waals surface area (Å²) in [5, 5.41) is 6.36. The normalized spacial score (nSPS) is 16.9. The number of piperidine rings is 1. The summed E-state index contributed by atoms with van der Waals surface area (Å²) in [4.78, 5) is 12.4. The molecule has 1 heterocycles. The van der Waals surface area contributed by atoms with Gasteiger partial charge in [-0.1, -0.05) is 0 Å². The van der Waals surface area contributed by atoms with Crippen LogP contribution in [0.1, 0.15) is 42.0 Å². The second-order valence-electron chi connectivity index (χ2n) is 6.54.